The number of morpholine rings is 1. The number of aryl methyl sites for hydroxylation is 2. The predicted molar refractivity (Wildman–Crippen MR) is 121 cm³/mol. The van der Waals surface area contributed by atoms with Crippen molar-refractivity contribution in [3.8, 4) is 0 Å². The van der Waals surface area contributed by atoms with E-state index in [9.17, 15) is 9.59 Å². The van der Waals surface area contributed by atoms with E-state index in [2.05, 4.69) is 9.97 Å². The van der Waals surface area contributed by atoms with Gasteiger partial charge in [-0.05, 0) is 31.0 Å². The number of carbonyl (C=O) groups excluding carboxylic acids is 1. The summed E-state index contributed by atoms with van der Waals surface area (Å²) >= 11 is 1.34. The van der Waals surface area contributed by atoms with Crippen molar-refractivity contribution < 1.29 is 9.53 Å². The molecule has 4 aromatic rings. The number of thiophene rings is 1. The Balaban J connectivity index is 1.70. The number of benzene rings is 1. The normalized spacial score (nSPS) is 15.5. The first-order chi connectivity index (χ1) is 15.0. The van der Waals surface area contributed by atoms with E-state index in [0.717, 1.165) is 27.0 Å². The number of rotatable bonds is 3. The summed E-state index contributed by atoms with van der Waals surface area (Å²) in [6, 6.07) is 10.6. The molecule has 3 aromatic heterocycles. The first-order valence-corrected chi connectivity index (χ1v) is 11.1. The Morgan fingerprint density at radius 3 is 2.65 bits per heavy atom. The highest BCUT2D eigenvalue weighted by atomic mass is 32.1. The molecule has 1 atom stereocenters. The molecule has 1 aliphatic heterocycles. The topological polar surface area (TPSA) is 77.3 Å². The minimum atomic E-state index is -0.773. The Morgan fingerprint density at radius 1 is 1.16 bits per heavy atom. The van der Waals surface area contributed by atoms with E-state index in [4.69, 9.17) is 4.74 Å². The van der Waals surface area contributed by atoms with Crippen molar-refractivity contribution in [1.29, 1.82) is 0 Å². The molecule has 0 unspecified atom stereocenters. The number of fused-ring (bicyclic) bond motifs is 3. The first-order valence-electron chi connectivity index (χ1n) is 10.2. The summed E-state index contributed by atoms with van der Waals surface area (Å²) in [4.78, 5) is 38.9. The van der Waals surface area contributed by atoms with Crippen molar-refractivity contribution in [3.63, 3.8) is 0 Å². The Hall–Kier alpha value is -3.10. The molecular weight excluding hydrogens is 412 g/mol. The maximum atomic E-state index is 13.6. The van der Waals surface area contributed by atoms with Crippen LogP contribution in [0.25, 0.3) is 20.4 Å². The van der Waals surface area contributed by atoms with Crippen molar-refractivity contribution in [1.82, 2.24) is 19.4 Å². The number of pyridine rings is 1. The van der Waals surface area contributed by atoms with Crippen LogP contribution < -0.4 is 5.56 Å². The first kappa shape index (κ1) is 19.8. The van der Waals surface area contributed by atoms with E-state index in [1.165, 1.54) is 22.2 Å². The van der Waals surface area contributed by atoms with Gasteiger partial charge in [-0.2, -0.15) is 0 Å². The third-order valence-corrected chi connectivity index (χ3v) is 6.71. The number of hydrogen-bond donors (Lipinski definition) is 0. The summed E-state index contributed by atoms with van der Waals surface area (Å²) in [5.74, 6) is -0.121. The van der Waals surface area contributed by atoms with E-state index in [-0.39, 0.29) is 11.5 Å². The SMILES string of the molecule is Cc1cc(C)c2c(n1)sc1c(=O)n([C@H](C(=O)N3CCOCC3)c3ccccc3)cnc12. The van der Waals surface area contributed by atoms with Crippen LogP contribution in [0.2, 0.25) is 0 Å². The molecule has 1 amide bonds. The van der Waals surface area contributed by atoms with Gasteiger partial charge < -0.3 is 9.64 Å². The van der Waals surface area contributed by atoms with Crippen LogP contribution in [-0.2, 0) is 9.53 Å². The second-order valence-electron chi connectivity index (χ2n) is 7.75. The Labute approximate surface area is 182 Å². The highest BCUT2D eigenvalue weighted by molar-refractivity contribution is 7.25. The van der Waals surface area contributed by atoms with Gasteiger partial charge in [0.05, 0.1) is 25.1 Å². The molecular formula is C23H22N4O3S. The molecule has 7 nitrogen and oxygen atoms in total. The van der Waals surface area contributed by atoms with Crippen LogP contribution in [0.3, 0.4) is 0 Å². The van der Waals surface area contributed by atoms with Crippen molar-refractivity contribution in [3.05, 3.63) is 69.9 Å². The molecule has 0 aliphatic carbocycles. The van der Waals surface area contributed by atoms with E-state index in [1.54, 1.807) is 4.90 Å². The largest absolute Gasteiger partial charge is 0.378 e. The summed E-state index contributed by atoms with van der Waals surface area (Å²) in [6.45, 7) is 5.97. The van der Waals surface area contributed by atoms with Crippen LogP contribution in [0, 0.1) is 13.8 Å². The van der Waals surface area contributed by atoms with Crippen molar-refractivity contribution in [2.75, 3.05) is 26.3 Å². The van der Waals surface area contributed by atoms with Gasteiger partial charge in [-0.3, -0.25) is 14.2 Å². The van der Waals surface area contributed by atoms with Gasteiger partial charge in [0.2, 0.25) is 0 Å². The summed E-state index contributed by atoms with van der Waals surface area (Å²) in [7, 11) is 0. The lowest BCUT2D eigenvalue weighted by Crippen LogP contribution is -2.46. The van der Waals surface area contributed by atoms with Crippen LogP contribution >= 0.6 is 11.3 Å². The summed E-state index contributed by atoms with van der Waals surface area (Å²) in [5, 5.41) is 0.908. The zero-order chi connectivity index (χ0) is 21.5. The third kappa shape index (κ3) is 3.41. The monoisotopic (exact) mass is 434 g/mol. The number of hydrogen-bond acceptors (Lipinski definition) is 6. The Kier molecular flexibility index (Phi) is 5.03. The number of amides is 1. The van der Waals surface area contributed by atoms with E-state index < -0.39 is 6.04 Å². The second kappa shape index (κ2) is 7.86. The van der Waals surface area contributed by atoms with Gasteiger partial charge in [0.1, 0.15) is 15.6 Å². The van der Waals surface area contributed by atoms with Crippen molar-refractivity contribution >= 4 is 37.7 Å². The average molecular weight is 435 g/mol. The highest BCUT2D eigenvalue weighted by Crippen LogP contribution is 2.32. The summed E-state index contributed by atoms with van der Waals surface area (Å²) < 4.78 is 7.38. The Morgan fingerprint density at radius 2 is 1.90 bits per heavy atom. The molecule has 1 aliphatic rings. The lowest BCUT2D eigenvalue weighted by molar-refractivity contribution is -0.137. The van der Waals surface area contributed by atoms with Crippen LogP contribution in [0.4, 0.5) is 0 Å². The molecule has 0 radical (unpaired) electrons. The molecule has 0 saturated carbocycles. The average Bonchev–Trinajstić information content (AvgIpc) is 3.16. The van der Waals surface area contributed by atoms with Gasteiger partial charge in [-0.1, -0.05) is 30.3 Å². The molecule has 0 N–H and O–H groups in total. The maximum absolute atomic E-state index is 13.6. The molecule has 0 bridgehead atoms. The van der Waals surface area contributed by atoms with Crippen molar-refractivity contribution in [2.24, 2.45) is 0 Å². The molecule has 0 spiro atoms. The lowest BCUT2D eigenvalue weighted by Gasteiger charge is -2.31. The van der Waals surface area contributed by atoms with Crippen LogP contribution in [0.1, 0.15) is 22.9 Å². The molecule has 158 valence electrons. The minimum Gasteiger partial charge on any atom is -0.378 e. The lowest BCUT2D eigenvalue weighted by atomic mass is 10.0. The third-order valence-electron chi connectivity index (χ3n) is 5.65. The maximum Gasteiger partial charge on any atom is 0.272 e. The standard InChI is InChI=1S/C23H22N4O3S/c1-14-12-15(2)25-21-17(14)18-20(31-21)23(29)27(13-24-18)19(16-6-4-3-5-7-16)22(28)26-8-10-30-11-9-26/h3-7,12-13,19H,8-11H2,1-2H3/t19-/m0/s1. The zero-order valence-electron chi connectivity index (χ0n) is 17.4. The highest BCUT2D eigenvalue weighted by Gasteiger charge is 2.30. The van der Waals surface area contributed by atoms with Gasteiger partial charge in [0, 0.05) is 24.2 Å². The molecule has 5 rings (SSSR count). The fourth-order valence-corrected chi connectivity index (χ4v) is 5.37. The van der Waals surface area contributed by atoms with Crippen LogP contribution in [-0.4, -0.2) is 51.6 Å². The molecule has 1 aromatic carbocycles. The second-order valence-corrected chi connectivity index (χ2v) is 8.75. The van der Waals surface area contributed by atoms with Gasteiger partial charge in [0.25, 0.3) is 11.5 Å². The fourth-order valence-electron chi connectivity index (χ4n) is 4.18. The number of ether oxygens (including phenoxy) is 1. The zero-order valence-corrected chi connectivity index (χ0v) is 18.2. The van der Waals surface area contributed by atoms with Gasteiger partial charge in [0.15, 0.2) is 0 Å². The van der Waals surface area contributed by atoms with Crippen LogP contribution in [0.15, 0.2) is 47.5 Å². The molecule has 1 saturated heterocycles. The van der Waals surface area contributed by atoms with E-state index >= 15 is 0 Å². The molecule has 4 heterocycles. The number of nitrogens with zero attached hydrogens (tertiary/aromatic N) is 4. The fraction of sp³-hybridized carbons (Fsp3) is 0.304. The van der Waals surface area contributed by atoms with E-state index in [0.29, 0.717) is 36.5 Å². The van der Waals surface area contributed by atoms with Gasteiger partial charge >= 0.3 is 0 Å². The van der Waals surface area contributed by atoms with Crippen molar-refractivity contribution in [2.45, 2.75) is 19.9 Å². The molecule has 1 fully saturated rings. The summed E-state index contributed by atoms with van der Waals surface area (Å²) in [5.41, 5.74) is 3.13. The number of aromatic nitrogens is 3. The van der Waals surface area contributed by atoms with Gasteiger partial charge in [-0.25, -0.2) is 9.97 Å². The quantitative estimate of drug-likeness (QED) is 0.495. The molecule has 31 heavy (non-hydrogen) atoms. The molecule has 8 heteroatoms. The number of carbonyl (C=O) groups is 1. The summed E-state index contributed by atoms with van der Waals surface area (Å²) in [6.07, 6.45) is 1.51. The predicted octanol–water partition coefficient (Wildman–Crippen LogP) is 3.07. The van der Waals surface area contributed by atoms with Gasteiger partial charge in [-0.15, -0.1) is 11.3 Å². The Bertz CT molecular complexity index is 1340. The van der Waals surface area contributed by atoms with Crippen LogP contribution in [0.5, 0.6) is 0 Å². The minimum absolute atomic E-state index is 0.121. The smallest absolute Gasteiger partial charge is 0.272 e. The van der Waals surface area contributed by atoms with E-state index in [1.807, 2.05) is 50.2 Å².